The van der Waals surface area contributed by atoms with Crippen LogP contribution in [0.15, 0.2) is 24.3 Å². The molecule has 21 heavy (non-hydrogen) atoms. The molecule has 0 aromatic heterocycles. The third-order valence-electron chi connectivity index (χ3n) is 4.30. The molecule has 2 atom stereocenters. The molecule has 0 bridgehead atoms. The van der Waals surface area contributed by atoms with Crippen molar-refractivity contribution in [2.45, 2.75) is 58.1 Å². The predicted octanol–water partition coefficient (Wildman–Crippen LogP) is 3.29. The second-order valence-electron chi connectivity index (χ2n) is 6.47. The molecular formula is C18H29NO2. The standard InChI is InChI=1S/C18H29NO2/c1-14-7-9-18(10-8-14)21-13-15(2)19-12-17(20)11-16-5-3-4-6-16/h7-10,15-17,19-20H,3-6,11-13H2,1-2H3. The summed E-state index contributed by atoms with van der Waals surface area (Å²) in [4.78, 5) is 0. The molecule has 1 aromatic rings. The summed E-state index contributed by atoms with van der Waals surface area (Å²) in [5.41, 5.74) is 1.24. The van der Waals surface area contributed by atoms with E-state index in [4.69, 9.17) is 4.74 Å². The van der Waals surface area contributed by atoms with E-state index in [9.17, 15) is 5.11 Å². The highest BCUT2D eigenvalue weighted by atomic mass is 16.5. The number of nitrogens with one attached hydrogen (secondary N) is 1. The molecule has 1 aromatic carbocycles. The third-order valence-corrected chi connectivity index (χ3v) is 4.30. The highest BCUT2D eigenvalue weighted by molar-refractivity contribution is 5.26. The van der Waals surface area contributed by atoms with E-state index >= 15 is 0 Å². The van der Waals surface area contributed by atoms with Gasteiger partial charge < -0.3 is 15.2 Å². The van der Waals surface area contributed by atoms with Crippen molar-refractivity contribution in [1.29, 1.82) is 0 Å². The van der Waals surface area contributed by atoms with E-state index in [-0.39, 0.29) is 12.1 Å². The zero-order valence-corrected chi connectivity index (χ0v) is 13.3. The fourth-order valence-corrected chi connectivity index (χ4v) is 2.97. The maximum absolute atomic E-state index is 10.1. The Hall–Kier alpha value is -1.06. The zero-order chi connectivity index (χ0) is 15.1. The molecule has 1 fully saturated rings. The van der Waals surface area contributed by atoms with Gasteiger partial charge in [-0.3, -0.25) is 0 Å². The van der Waals surface area contributed by atoms with Crippen molar-refractivity contribution in [3.05, 3.63) is 29.8 Å². The molecule has 0 spiro atoms. The molecule has 0 amide bonds. The van der Waals surface area contributed by atoms with Crippen LogP contribution >= 0.6 is 0 Å². The molecule has 0 heterocycles. The fourth-order valence-electron chi connectivity index (χ4n) is 2.97. The first-order valence-corrected chi connectivity index (χ1v) is 8.24. The lowest BCUT2D eigenvalue weighted by atomic mass is 10.00. The van der Waals surface area contributed by atoms with Crippen molar-refractivity contribution in [2.24, 2.45) is 5.92 Å². The van der Waals surface area contributed by atoms with Crippen molar-refractivity contribution in [1.82, 2.24) is 5.32 Å². The Bertz CT molecular complexity index is 398. The van der Waals surface area contributed by atoms with Gasteiger partial charge in [-0.25, -0.2) is 0 Å². The van der Waals surface area contributed by atoms with Crippen LogP contribution < -0.4 is 10.1 Å². The topological polar surface area (TPSA) is 41.5 Å². The van der Waals surface area contributed by atoms with Gasteiger partial charge in [0.2, 0.25) is 0 Å². The van der Waals surface area contributed by atoms with Crippen LogP contribution in [0.25, 0.3) is 0 Å². The maximum atomic E-state index is 10.1. The van der Waals surface area contributed by atoms with E-state index in [1.54, 1.807) is 0 Å². The highest BCUT2D eigenvalue weighted by Crippen LogP contribution is 2.28. The molecule has 118 valence electrons. The second-order valence-corrected chi connectivity index (χ2v) is 6.47. The molecule has 0 aliphatic heterocycles. The van der Waals surface area contributed by atoms with Gasteiger partial charge in [-0.1, -0.05) is 43.4 Å². The lowest BCUT2D eigenvalue weighted by Crippen LogP contribution is -2.37. The smallest absolute Gasteiger partial charge is 0.119 e. The first-order chi connectivity index (χ1) is 10.1. The number of hydrogen-bond acceptors (Lipinski definition) is 3. The van der Waals surface area contributed by atoms with Crippen molar-refractivity contribution < 1.29 is 9.84 Å². The summed E-state index contributed by atoms with van der Waals surface area (Å²) in [6, 6.07) is 8.34. The summed E-state index contributed by atoms with van der Waals surface area (Å²) in [6.45, 7) is 5.45. The number of ether oxygens (including phenoxy) is 1. The Morgan fingerprint density at radius 2 is 1.90 bits per heavy atom. The van der Waals surface area contributed by atoms with Gasteiger partial charge >= 0.3 is 0 Å². The molecule has 2 rings (SSSR count). The first kappa shape index (κ1) is 16.3. The van der Waals surface area contributed by atoms with Crippen molar-refractivity contribution in [3.8, 4) is 5.75 Å². The zero-order valence-electron chi connectivity index (χ0n) is 13.3. The third kappa shape index (κ3) is 6.06. The van der Waals surface area contributed by atoms with E-state index in [0.717, 1.165) is 18.1 Å². The van der Waals surface area contributed by atoms with Crippen LogP contribution in [-0.4, -0.2) is 30.4 Å². The van der Waals surface area contributed by atoms with Crippen LogP contribution in [0.5, 0.6) is 5.75 Å². The summed E-state index contributed by atoms with van der Waals surface area (Å²) in [6.07, 6.45) is 5.98. The van der Waals surface area contributed by atoms with Crippen molar-refractivity contribution in [3.63, 3.8) is 0 Å². The van der Waals surface area contributed by atoms with Crippen LogP contribution in [0.3, 0.4) is 0 Å². The summed E-state index contributed by atoms with van der Waals surface area (Å²) in [5, 5.41) is 13.4. The van der Waals surface area contributed by atoms with E-state index in [1.807, 2.05) is 12.1 Å². The van der Waals surface area contributed by atoms with E-state index in [2.05, 4.69) is 31.3 Å². The monoisotopic (exact) mass is 291 g/mol. The Kier molecular flexibility index (Phi) is 6.52. The minimum atomic E-state index is -0.227. The van der Waals surface area contributed by atoms with Gasteiger partial charge in [0.05, 0.1) is 6.10 Å². The Labute approximate surface area is 128 Å². The lowest BCUT2D eigenvalue weighted by Gasteiger charge is -2.19. The van der Waals surface area contributed by atoms with Gasteiger partial charge in [0.15, 0.2) is 0 Å². The number of aliphatic hydroxyl groups excluding tert-OH is 1. The number of hydrogen-bond donors (Lipinski definition) is 2. The Morgan fingerprint density at radius 1 is 1.24 bits per heavy atom. The summed E-state index contributed by atoms with van der Waals surface area (Å²) in [5.74, 6) is 1.64. The maximum Gasteiger partial charge on any atom is 0.119 e. The molecular weight excluding hydrogens is 262 g/mol. The Balaban J connectivity index is 1.60. The fraction of sp³-hybridized carbons (Fsp3) is 0.667. The van der Waals surface area contributed by atoms with E-state index in [1.165, 1.54) is 31.2 Å². The number of rotatable bonds is 8. The summed E-state index contributed by atoms with van der Waals surface area (Å²) in [7, 11) is 0. The quantitative estimate of drug-likeness (QED) is 0.772. The predicted molar refractivity (Wildman–Crippen MR) is 86.7 cm³/mol. The lowest BCUT2D eigenvalue weighted by molar-refractivity contribution is 0.133. The first-order valence-electron chi connectivity index (χ1n) is 8.24. The SMILES string of the molecule is Cc1ccc(OCC(C)NCC(O)CC2CCCC2)cc1. The molecule has 3 nitrogen and oxygen atoms in total. The van der Waals surface area contributed by atoms with Gasteiger partial charge in [-0.15, -0.1) is 0 Å². The van der Waals surface area contributed by atoms with Crippen LogP contribution in [0, 0.1) is 12.8 Å². The number of aryl methyl sites for hydroxylation is 1. The van der Waals surface area contributed by atoms with E-state index in [0.29, 0.717) is 13.2 Å². The molecule has 1 saturated carbocycles. The molecule has 0 saturated heterocycles. The summed E-state index contributed by atoms with van der Waals surface area (Å²) >= 11 is 0. The Morgan fingerprint density at radius 3 is 2.57 bits per heavy atom. The minimum absolute atomic E-state index is 0.227. The molecule has 1 aliphatic carbocycles. The van der Waals surface area contributed by atoms with Crippen molar-refractivity contribution in [2.75, 3.05) is 13.2 Å². The van der Waals surface area contributed by atoms with Gasteiger partial charge in [0.25, 0.3) is 0 Å². The van der Waals surface area contributed by atoms with E-state index < -0.39 is 0 Å². The highest BCUT2D eigenvalue weighted by Gasteiger charge is 2.19. The number of aliphatic hydroxyl groups is 1. The van der Waals surface area contributed by atoms with Gasteiger partial charge in [0, 0.05) is 12.6 Å². The van der Waals surface area contributed by atoms with Crippen LogP contribution in [-0.2, 0) is 0 Å². The normalized spacial score (nSPS) is 18.6. The van der Waals surface area contributed by atoms with Crippen molar-refractivity contribution >= 4 is 0 Å². The molecule has 3 heteroatoms. The van der Waals surface area contributed by atoms with Crippen LogP contribution in [0.2, 0.25) is 0 Å². The number of benzene rings is 1. The average molecular weight is 291 g/mol. The molecule has 2 unspecified atom stereocenters. The molecule has 0 radical (unpaired) electrons. The average Bonchev–Trinajstić information content (AvgIpc) is 2.97. The van der Waals surface area contributed by atoms with Gasteiger partial charge in [0.1, 0.15) is 12.4 Å². The van der Waals surface area contributed by atoms with Gasteiger partial charge in [-0.05, 0) is 38.3 Å². The minimum Gasteiger partial charge on any atom is -0.492 e. The van der Waals surface area contributed by atoms with Crippen LogP contribution in [0.4, 0.5) is 0 Å². The molecule has 2 N–H and O–H groups in total. The second kappa shape index (κ2) is 8.40. The van der Waals surface area contributed by atoms with Crippen LogP contribution in [0.1, 0.15) is 44.6 Å². The van der Waals surface area contributed by atoms with Gasteiger partial charge in [-0.2, -0.15) is 0 Å². The largest absolute Gasteiger partial charge is 0.492 e. The summed E-state index contributed by atoms with van der Waals surface area (Å²) < 4.78 is 5.74. The molecule has 1 aliphatic rings.